The Morgan fingerprint density at radius 3 is 2.29 bits per heavy atom. The molecule has 3 aliphatic rings. The summed E-state index contributed by atoms with van der Waals surface area (Å²) in [6.07, 6.45) is 4.44. The second-order valence-electron chi connectivity index (χ2n) is 6.91. The van der Waals surface area contributed by atoms with E-state index in [4.69, 9.17) is 5.84 Å². The molecule has 0 aromatic rings. The first-order valence-corrected chi connectivity index (χ1v) is 8.32. The molecule has 0 unspecified atom stereocenters. The van der Waals surface area contributed by atoms with Crippen molar-refractivity contribution >= 4 is 5.91 Å². The highest BCUT2D eigenvalue weighted by Gasteiger charge is 2.51. The van der Waals surface area contributed by atoms with Crippen LogP contribution in [0.2, 0.25) is 0 Å². The predicted molar refractivity (Wildman–Crippen MR) is 82.5 cm³/mol. The Bertz CT molecular complexity index is 368. The van der Waals surface area contributed by atoms with E-state index in [9.17, 15) is 4.79 Å². The van der Waals surface area contributed by atoms with Crippen LogP contribution in [0, 0.1) is 5.41 Å². The van der Waals surface area contributed by atoms with Crippen LogP contribution >= 0.6 is 0 Å². The maximum Gasteiger partial charge on any atom is 0.230 e. The van der Waals surface area contributed by atoms with Gasteiger partial charge in [-0.15, -0.1) is 0 Å². The third-order valence-corrected chi connectivity index (χ3v) is 5.44. The van der Waals surface area contributed by atoms with Crippen LogP contribution < -0.4 is 11.2 Å². The zero-order chi connectivity index (χ0) is 14.9. The Morgan fingerprint density at radius 2 is 1.76 bits per heavy atom. The molecule has 1 amide bonds. The summed E-state index contributed by atoms with van der Waals surface area (Å²) in [5.41, 5.74) is -0.0676. The van der Waals surface area contributed by atoms with Gasteiger partial charge in [-0.2, -0.15) is 0 Å². The van der Waals surface area contributed by atoms with Crippen LogP contribution in [0.1, 0.15) is 25.7 Å². The molecule has 2 aliphatic heterocycles. The summed E-state index contributed by atoms with van der Waals surface area (Å²) in [4.78, 5) is 17.3. The Morgan fingerprint density at radius 1 is 1.14 bits per heavy atom. The summed E-state index contributed by atoms with van der Waals surface area (Å²) < 4.78 is 0. The van der Waals surface area contributed by atoms with Crippen molar-refractivity contribution in [1.29, 1.82) is 0 Å². The molecule has 0 radical (unpaired) electrons. The topological polar surface area (TPSA) is 64.8 Å². The number of rotatable bonds is 4. The van der Waals surface area contributed by atoms with Gasteiger partial charge in [0.1, 0.15) is 0 Å². The number of piperidine rings is 1. The van der Waals surface area contributed by atoms with E-state index < -0.39 is 0 Å². The Balaban J connectivity index is 1.48. The molecular formula is C15H29N5O. The molecule has 21 heavy (non-hydrogen) atoms. The third kappa shape index (κ3) is 3.23. The minimum absolute atomic E-state index is 0.0676. The molecule has 6 nitrogen and oxygen atoms in total. The van der Waals surface area contributed by atoms with Gasteiger partial charge >= 0.3 is 0 Å². The molecule has 0 spiro atoms. The van der Waals surface area contributed by atoms with Crippen molar-refractivity contribution in [3.05, 3.63) is 0 Å². The SMILES string of the molecule is CNCC1(C(=O)N2CCN(C3CCN(N)CC3)CC2)CC1. The van der Waals surface area contributed by atoms with E-state index in [1.807, 2.05) is 12.1 Å². The third-order valence-electron chi connectivity index (χ3n) is 5.44. The zero-order valence-electron chi connectivity index (χ0n) is 13.2. The van der Waals surface area contributed by atoms with Gasteiger partial charge in [-0.05, 0) is 32.7 Å². The first-order valence-electron chi connectivity index (χ1n) is 8.32. The van der Waals surface area contributed by atoms with Crippen molar-refractivity contribution in [2.45, 2.75) is 31.7 Å². The zero-order valence-corrected chi connectivity index (χ0v) is 13.2. The van der Waals surface area contributed by atoms with Gasteiger partial charge in [0, 0.05) is 51.9 Å². The second kappa shape index (κ2) is 6.20. The number of hydrazine groups is 1. The number of nitrogens with one attached hydrogen (secondary N) is 1. The fraction of sp³-hybridized carbons (Fsp3) is 0.933. The number of hydrogen-bond donors (Lipinski definition) is 2. The molecule has 3 rings (SSSR count). The fourth-order valence-electron chi connectivity index (χ4n) is 3.83. The molecule has 3 fully saturated rings. The predicted octanol–water partition coefficient (Wildman–Crippen LogP) is -0.532. The lowest BCUT2D eigenvalue weighted by Gasteiger charge is -2.42. The summed E-state index contributed by atoms with van der Waals surface area (Å²) in [5.74, 6) is 6.21. The first kappa shape index (κ1) is 15.2. The second-order valence-corrected chi connectivity index (χ2v) is 6.91. The largest absolute Gasteiger partial charge is 0.340 e. The van der Waals surface area contributed by atoms with Crippen molar-refractivity contribution in [3.63, 3.8) is 0 Å². The lowest BCUT2D eigenvalue weighted by Crippen LogP contribution is -2.56. The average Bonchev–Trinajstić information content (AvgIpc) is 3.29. The normalized spacial score (nSPS) is 27.8. The van der Waals surface area contributed by atoms with E-state index >= 15 is 0 Å². The molecule has 2 saturated heterocycles. The van der Waals surface area contributed by atoms with E-state index in [1.54, 1.807) is 0 Å². The van der Waals surface area contributed by atoms with Gasteiger partial charge < -0.3 is 10.2 Å². The minimum Gasteiger partial charge on any atom is -0.340 e. The van der Waals surface area contributed by atoms with Crippen molar-refractivity contribution < 1.29 is 4.79 Å². The van der Waals surface area contributed by atoms with E-state index in [1.165, 1.54) is 0 Å². The van der Waals surface area contributed by atoms with Crippen molar-refractivity contribution in [1.82, 2.24) is 20.1 Å². The Hall–Kier alpha value is -0.690. The van der Waals surface area contributed by atoms with Crippen LogP contribution in [-0.2, 0) is 4.79 Å². The molecule has 120 valence electrons. The monoisotopic (exact) mass is 295 g/mol. The molecular weight excluding hydrogens is 266 g/mol. The maximum absolute atomic E-state index is 12.6. The average molecular weight is 295 g/mol. The molecule has 0 aromatic carbocycles. The van der Waals surface area contributed by atoms with Gasteiger partial charge in [-0.25, -0.2) is 5.01 Å². The fourth-order valence-corrected chi connectivity index (χ4v) is 3.83. The Kier molecular flexibility index (Phi) is 4.49. The lowest BCUT2D eigenvalue weighted by atomic mass is 10.0. The van der Waals surface area contributed by atoms with Gasteiger partial charge in [-0.3, -0.25) is 15.5 Å². The number of carbonyl (C=O) groups excluding carboxylic acids is 1. The number of nitrogens with two attached hydrogens (primary N) is 1. The standard InChI is InChI=1S/C15H29N5O/c1-17-12-15(4-5-15)14(21)19-10-8-18(9-11-19)13-2-6-20(16)7-3-13/h13,17H,2-12,16H2,1H3. The number of hydrogen-bond acceptors (Lipinski definition) is 5. The van der Waals surface area contributed by atoms with E-state index in [-0.39, 0.29) is 5.41 Å². The number of amides is 1. The van der Waals surface area contributed by atoms with E-state index in [0.717, 1.165) is 71.5 Å². The van der Waals surface area contributed by atoms with Gasteiger partial charge in [-0.1, -0.05) is 0 Å². The molecule has 0 bridgehead atoms. The van der Waals surface area contributed by atoms with Gasteiger partial charge in [0.25, 0.3) is 0 Å². The van der Waals surface area contributed by atoms with Crippen LogP contribution in [0.3, 0.4) is 0 Å². The van der Waals surface area contributed by atoms with Crippen LogP contribution in [0.25, 0.3) is 0 Å². The number of nitrogens with zero attached hydrogens (tertiary/aromatic N) is 3. The quantitative estimate of drug-likeness (QED) is 0.683. The van der Waals surface area contributed by atoms with Crippen molar-refractivity contribution in [2.75, 3.05) is 52.9 Å². The number of piperazine rings is 1. The van der Waals surface area contributed by atoms with Crippen LogP contribution in [0.4, 0.5) is 0 Å². The van der Waals surface area contributed by atoms with E-state index in [0.29, 0.717) is 11.9 Å². The summed E-state index contributed by atoms with van der Waals surface area (Å²) in [6.45, 7) is 6.67. The molecule has 6 heteroatoms. The first-order chi connectivity index (χ1) is 10.1. The highest BCUT2D eigenvalue weighted by molar-refractivity contribution is 5.85. The lowest BCUT2D eigenvalue weighted by molar-refractivity contribution is -0.139. The van der Waals surface area contributed by atoms with Crippen LogP contribution in [0.5, 0.6) is 0 Å². The maximum atomic E-state index is 12.6. The van der Waals surface area contributed by atoms with Crippen LogP contribution in [-0.4, -0.2) is 79.6 Å². The Labute approximate surface area is 127 Å². The molecule has 0 aromatic heterocycles. The minimum atomic E-state index is -0.0676. The van der Waals surface area contributed by atoms with Gasteiger partial charge in [0.05, 0.1) is 5.41 Å². The summed E-state index contributed by atoms with van der Waals surface area (Å²) in [7, 11) is 1.94. The van der Waals surface area contributed by atoms with E-state index in [2.05, 4.69) is 15.1 Å². The summed E-state index contributed by atoms with van der Waals surface area (Å²) in [5, 5.41) is 5.10. The summed E-state index contributed by atoms with van der Waals surface area (Å²) in [6, 6.07) is 0.661. The van der Waals surface area contributed by atoms with Crippen molar-refractivity contribution in [2.24, 2.45) is 11.3 Å². The van der Waals surface area contributed by atoms with Gasteiger partial charge in [0.15, 0.2) is 0 Å². The highest BCUT2D eigenvalue weighted by atomic mass is 16.2. The molecule has 3 N–H and O–H groups in total. The molecule has 1 aliphatic carbocycles. The molecule has 0 atom stereocenters. The highest BCUT2D eigenvalue weighted by Crippen LogP contribution is 2.46. The van der Waals surface area contributed by atoms with Crippen molar-refractivity contribution in [3.8, 4) is 0 Å². The number of carbonyl (C=O) groups is 1. The van der Waals surface area contributed by atoms with Crippen LogP contribution in [0.15, 0.2) is 0 Å². The molecule has 1 saturated carbocycles. The molecule has 2 heterocycles. The van der Waals surface area contributed by atoms with Gasteiger partial charge in [0.2, 0.25) is 5.91 Å². The summed E-state index contributed by atoms with van der Waals surface area (Å²) >= 11 is 0. The smallest absolute Gasteiger partial charge is 0.230 e.